The van der Waals surface area contributed by atoms with E-state index in [1.165, 1.54) is 17.4 Å². The summed E-state index contributed by atoms with van der Waals surface area (Å²) in [6, 6.07) is 5.84. The topological polar surface area (TPSA) is 124 Å². The third-order valence-corrected chi connectivity index (χ3v) is 5.83. The van der Waals surface area contributed by atoms with E-state index in [0.717, 1.165) is 22.4 Å². The van der Waals surface area contributed by atoms with Crippen LogP contribution in [-0.2, 0) is 22.4 Å². The molecule has 0 aromatic carbocycles. The molecular weight excluding hydrogens is 404 g/mol. The second kappa shape index (κ2) is 10.5. The van der Waals surface area contributed by atoms with Crippen LogP contribution < -0.4 is 10.6 Å². The Labute approximate surface area is 178 Å². The first-order chi connectivity index (χ1) is 14.6. The van der Waals surface area contributed by atoms with Crippen LogP contribution in [0.15, 0.2) is 30.6 Å². The number of carbonyl (C=O) groups is 2. The number of pyridine rings is 1. The number of rotatable bonds is 7. The lowest BCUT2D eigenvalue weighted by Gasteiger charge is -2.21. The molecule has 30 heavy (non-hydrogen) atoms. The second-order valence-corrected chi connectivity index (χ2v) is 7.89. The van der Waals surface area contributed by atoms with Gasteiger partial charge in [-0.05, 0) is 48.4 Å². The Morgan fingerprint density at radius 2 is 2.33 bits per heavy atom. The van der Waals surface area contributed by atoms with Gasteiger partial charge in [-0.2, -0.15) is 5.26 Å². The molecule has 3 rings (SSSR count). The van der Waals surface area contributed by atoms with Gasteiger partial charge >= 0.3 is 6.09 Å². The SMILES string of the molecule is N#Cc1c(NC(=O)/C=C/c2cccnc2)sc2c1CCC(COC(=O)NCCO)C2. The Morgan fingerprint density at radius 3 is 3.07 bits per heavy atom. The van der Waals surface area contributed by atoms with Crippen molar-refractivity contribution in [3.63, 3.8) is 0 Å². The number of hydrogen-bond acceptors (Lipinski definition) is 7. The number of nitriles is 1. The van der Waals surface area contributed by atoms with Crippen molar-refractivity contribution in [3.8, 4) is 6.07 Å². The smallest absolute Gasteiger partial charge is 0.407 e. The van der Waals surface area contributed by atoms with E-state index in [2.05, 4.69) is 21.7 Å². The molecule has 1 aliphatic rings. The van der Waals surface area contributed by atoms with Crippen LogP contribution in [-0.4, -0.2) is 41.8 Å². The Hall–Kier alpha value is -3.22. The number of thiophene rings is 1. The molecule has 9 heteroatoms. The van der Waals surface area contributed by atoms with E-state index in [0.29, 0.717) is 23.4 Å². The summed E-state index contributed by atoms with van der Waals surface area (Å²) < 4.78 is 5.20. The van der Waals surface area contributed by atoms with Gasteiger partial charge in [-0.25, -0.2) is 4.79 Å². The van der Waals surface area contributed by atoms with Crippen LogP contribution in [0, 0.1) is 17.2 Å². The molecule has 0 radical (unpaired) electrons. The summed E-state index contributed by atoms with van der Waals surface area (Å²) in [6.45, 7) is 0.286. The number of aromatic nitrogens is 1. The summed E-state index contributed by atoms with van der Waals surface area (Å²) in [5, 5.41) is 24.1. The zero-order chi connectivity index (χ0) is 21.3. The van der Waals surface area contributed by atoms with Gasteiger partial charge in [0.1, 0.15) is 11.1 Å². The Morgan fingerprint density at radius 1 is 1.47 bits per heavy atom. The fourth-order valence-corrected chi connectivity index (χ4v) is 4.52. The van der Waals surface area contributed by atoms with Gasteiger partial charge < -0.3 is 20.5 Å². The van der Waals surface area contributed by atoms with Crippen LogP contribution in [0.3, 0.4) is 0 Å². The number of anilines is 1. The highest BCUT2D eigenvalue weighted by molar-refractivity contribution is 7.16. The number of alkyl carbamates (subject to hydrolysis) is 1. The Balaban J connectivity index is 1.62. The first kappa shape index (κ1) is 21.5. The van der Waals surface area contributed by atoms with Crippen molar-refractivity contribution in [1.82, 2.24) is 10.3 Å². The normalized spacial score (nSPS) is 15.3. The summed E-state index contributed by atoms with van der Waals surface area (Å²) >= 11 is 1.40. The van der Waals surface area contributed by atoms with Crippen molar-refractivity contribution in [2.45, 2.75) is 19.3 Å². The van der Waals surface area contributed by atoms with Crippen LogP contribution in [0.25, 0.3) is 6.08 Å². The van der Waals surface area contributed by atoms with Gasteiger partial charge in [0.25, 0.3) is 0 Å². The molecule has 0 aliphatic heterocycles. The summed E-state index contributed by atoms with van der Waals surface area (Å²) in [6.07, 6.45) is 8.02. The number of fused-ring (bicyclic) bond motifs is 1. The van der Waals surface area contributed by atoms with Crippen molar-refractivity contribution in [2.75, 3.05) is 25.1 Å². The van der Waals surface area contributed by atoms with Crippen LogP contribution in [0.5, 0.6) is 0 Å². The summed E-state index contributed by atoms with van der Waals surface area (Å²) in [7, 11) is 0. The molecule has 1 atom stereocenters. The second-order valence-electron chi connectivity index (χ2n) is 6.79. The average Bonchev–Trinajstić information content (AvgIpc) is 3.11. The first-order valence-corrected chi connectivity index (χ1v) is 10.4. The molecule has 156 valence electrons. The minimum Gasteiger partial charge on any atom is -0.449 e. The van der Waals surface area contributed by atoms with Gasteiger partial charge in [-0.15, -0.1) is 11.3 Å². The standard InChI is InChI=1S/C21H22N4O4S/c22-11-17-16-5-3-15(13-29-21(28)24-8-9-26)10-18(16)30-20(17)25-19(27)6-4-14-2-1-7-23-12-14/h1-2,4,6-7,12,15,26H,3,5,8-10,13H2,(H,24,28)(H,25,27)/b6-4+. The monoisotopic (exact) mass is 426 g/mol. The van der Waals surface area contributed by atoms with E-state index in [1.807, 2.05) is 6.07 Å². The Bertz CT molecular complexity index is 965. The average molecular weight is 426 g/mol. The van der Waals surface area contributed by atoms with Gasteiger partial charge in [0, 0.05) is 29.9 Å². The molecule has 0 spiro atoms. The van der Waals surface area contributed by atoms with Gasteiger partial charge in [0.05, 0.1) is 18.8 Å². The predicted molar refractivity (Wildman–Crippen MR) is 113 cm³/mol. The van der Waals surface area contributed by atoms with E-state index in [1.54, 1.807) is 24.5 Å². The highest BCUT2D eigenvalue weighted by Gasteiger charge is 2.27. The maximum Gasteiger partial charge on any atom is 0.407 e. The molecule has 2 aromatic heterocycles. The number of ether oxygens (including phenoxy) is 1. The van der Waals surface area contributed by atoms with Crippen molar-refractivity contribution in [1.29, 1.82) is 5.26 Å². The maximum atomic E-state index is 12.3. The van der Waals surface area contributed by atoms with Gasteiger partial charge in [0.2, 0.25) is 5.91 Å². The zero-order valence-electron chi connectivity index (χ0n) is 16.3. The molecule has 0 saturated heterocycles. The summed E-state index contributed by atoms with van der Waals surface area (Å²) in [5.41, 5.74) is 2.29. The van der Waals surface area contributed by atoms with Crippen molar-refractivity contribution >= 4 is 34.4 Å². The van der Waals surface area contributed by atoms with Gasteiger partial charge in [0.15, 0.2) is 0 Å². The lowest BCUT2D eigenvalue weighted by molar-refractivity contribution is -0.111. The number of nitrogens with zero attached hydrogens (tertiary/aromatic N) is 2. The summed E-state index contributed by atoms with van der Waals surface area (Å²) in [4.78, 5) is 28.9. The zero-order valence-corrected chi connectivity index (χ0v) is 17.1. The van der Waals surface area contributed by atoms with Gasteiger partial charge in [-0.1, -0.05) is 6.07 Å². The number of carbonyl (C=O) groups excluding carboxylic acids is 2. The molecule has 2 amide bonds. The number of aliphatic hydroxyl groups excluding tert-OH is 1. The maximum absolute atomic E-state index is 12.3. The number of hydrogen-bond donors (Lipinski definition) is 3. The molecule has 8 nitrogen and oxygen atoms in total. The molecule has 1 unspecified atom stereocenters. The van der Waals surface area contributed by atoms with E-state index < -0.39 is 6.09 Å². The Kier molecular flexibility index (Phi) is 7.54. The van der Waals surface area contributed by atoms with Crippen molar-refractivity contribution < 1.29 is 19.4 Å². The first-order valence-electron chi connectivity index (χ1n) is 9.56. The highest BCUT2D eigenvalue weighted by Crippen LogP contribution is 2.39. The third-order valence-electron chi connectivity index (χ3n) is 4.66. The van der Waals surface area contributed by atoms with Crippen LogP contribution >= 0.6 is 11.3 Å². The van der Waals surface area contributed by atoms with E-state index in [-0.39, 0.29) is 31.6 Å². The molecule has 0 bridgehead atoms. The molecule has 0 fully saturated rings. The third kappa shape index (κ3) is 5.65. The molecule has 2 heterocycles. The van der Waals surface area contributed by atoms with Crippen LogP contribution in [0.4, 0.5) is 9.80 Å². The molecule has 3 N–H and O–H groups in total. The largest absolute Gasteiger partial charge is 0.449 e. The van der Waals surface area contributed by atoms with Crippen molar-refractivity contribution in [3.05, 3.63) is 52.2 Å². The van der Waals surface area contributed by atoms with E-state index >= 15 is 0 Å². The number of nitrogens with one attached hydrogen (secondary N) is 2. The fourth-order valence-electron chi connectivity index (χ4n) is 3.21. The summed E-state index contributed by atoms with van der Waals surface area (Å²) in [5.74, 6) is -0.161. The van der Waals surface area contributed by atoms with E-state index in [9.17, 15) is 14.9 Å². The molecular formula is C21H22N4O4S. The van der Waals surface area contributed by atoms with Crippen LogP contribution in [0.2, 0.25) is 0 Å². The number of amides is 2. The quantitative estimate of drug-likeness (QED) is 0.584. The fraction of sp³-hybridized carbons (Fsp3) is 0.333. The highest BCUT2D eigenvalue weighted by atomic mass is 32.1. The minimum absolute atomic E-state index is 0.139. The lowest BCUT2D eigenvalue weighted by Crippen LogP contribution is -2.29. The van der Waals surface area contributed by atoms with Crippen molar-refractivity contribution in [2.24, 2.45) is 5.92 Å². The minimum atomic E-state index is -0.549. The molecule has 2 aromatic rings. The molecule has 1 aliphatic carbocycles. The van der Waals surface area contributed by atoms with E-state index in [4.69, 9.17) is 9.84 Å². The number of aliphatic hydroxyl groups is 1. The lowest BCUT2D eigenvalue weighted by atomic mass is 9.88. The van der Waals surface area contributed by atoms with Crippen LogP contribution in [0.1, 0.15) is 28.0 Å². The van der Waals surface area contributed by atoms with Gasteiger partial charge in [-0.3, -0.25) is 9.78 Å². The predicted octanol–water partition coefficient (Wildman–Crippen LogP) is 2.49. The molecule has 0 saturated carbocycles.